The fourth-order valence-electron chi connectivity index (χ4n) is 1.45. The Labute approximate surface area is 99.0 Å². The van der Waals surface area contributed by atoms with Crippen LogP contribution < -0.4 is 16.2 Å². The molecule has 0 aliphatic carbocycles. The van der Waals surface area contributed by atoms with E-state index >= 15 is 0 Å². The third-order valence-corrected chi connectivity index (χ3v) is 2.92. The number of anilines is 1. The second-order valence-electron chi connectivity index (χ2n) is 3.35. The fraction of sp³-hybridized carbons (Fsp3) is 0.375. The molecule has 2 heterocycles. The summed E-state index contributed by atoms with van der Waals surface area (Å²) in [6.07, 6.45) is 1.74. The molecule has 7 heteroatoms. The van der Waals surface area contributed by atoms with Gasteiger partial charge in [0.05, 0.1) is 3.57 Å². The summed E-state index contributed by atoms with van der Waals surface area (Å²) in [5.41, 5.74) is 5.40. The summed E-state index contributed by atoms with van der Waals surface area (Å²) in [7, 11) is 0. The number of rotatable bonds is 1. The lowest BCUT2D eigenvalue weighted by Crippen LogP contribution is -2.31. The molecule has 1 saturated heterocycles. The molecule has 0 radical (unpaired) electrons. The van der Waals surface area contributed by atoms with Gasteiger partial charge in [-0.25, -0.2) is 4.98 Å². The number of halogens is 1. The molecule has 1 aromatic heterocycles. The molecule has 0 saturated carbocycles. The van der Waals surface area contributed by atoms with Crippen molar-refractivity contribution in [3.63, 3.8) is 0 Å². The van der Waals surface area contributed by atoms with Crippen LogP contribution >= 0.6 is 22.6 Å². The summed E-state index contributed by atoms with van der Waals surface area (Å²) in [6, 6.07) is -0.179. The number of carbonyl (C=O) groups is 1. The number of carbonyl (C=O) groups excluding carboxylic acids is 1. The maximum Gasteiger partial charge on any atom is 0.265 e. The highest BCUT2D eigenvalue weighted by molar-refractivity contribution is 14.1. The molecule has 6 nitrogen and oxygen atoms in total. The van der Waals surface area contributed by atoms with E-state index in [2.05, 4.69) is 9.97 Å². The van der Waals surface area contributed by atoms with Crippen LogP contribution in [0.15, 0.2) is 11.0 Å². The Hall–Kier alpha value is -0.960. The van der Waals surface area contributed by atoms with E-state index in [4.69, 9.17) is 5.73 Å². The molecule has 15 heavy (non-hydrogen) atoms. The van der Waals surface area contributed by atoms with Crippen molar-refractivity contribution in [1.29, 1.82) is 0 Å². The van der Waals surface area contributed by atoms with E-state index in [9.17, 15) is 9.59 Å². The summed E-state index contributed by atoms with van der Waals surface area (Å²) in [6.45, 7) is 0.405. The van der Waals surface area contributed by atoms with Gasteiger partial charge in [-0.1, -0.05) is 0 Å². The lowest BCUT2D eigenvalue weighted by molar-refractivity contribution is -0.117. The highest BCUT2D eigenvalue weighted by Crippen LogP contribution is 2.14. The molecular formula is C8H9IN4O2. The van der Waals surface area contributed by atoms with E-state index in [0.717, 1.165) is 0 Å². The topological polar surface area (TPSA) is 92.1 Å². The Kier molecular flexibility index (Phi) is 2.74. The monoisotopic (exact) mass is 320 g/mol. The summed E-state index contributed by atoms with van der Waals surface area (Å²) < 4.78 is 0.493. The van der Waals surface area contributed by atoms with Crippen molar-refractivity contribution < 1.29 is 4.79 Å². The van der Waals surface area contributed by atoms with Gasteiger partial charge in [-0.3, -0.25) is 19.5 Å². The van der Waals surface area contributed by atoms with Crippen LogP contribution in [-0.4, -0.2) is 28.5 Å². The molecular weight excluding hydrogens is 311 g/mol. The number of hydrogen-bond donors (Lipinski definition) is 2. The quantitative estimate of drug-likeness (QED) is 0.679. The zero-order valence-corrected chi connectivity index (χ0v) is 9.89. The fourth-order valence-corrected chi connectivity index (χ4v) is 1.72. The maximum atomic E-state index is 11.5. The first kappa shape index (κ1) is 10.6. The SMILES string of the molecule is NC1CC(=O)N(c2ncc(I)c(=O)[nH]2)C1. The van der Waals surface area contributed by atoms with Crippen LogP contribution in [0, 0.1) is 3.57 Å². The van der Waals surface area contributed by atoms with Crippen molar-refractivity contribution >= 4 is 34.4 Å². The summed E-state index contributed by atoms with van der Waals surface area (Å²) in [5, 5.41) is 0. The van der Waals surface area contributed by atoms with Gasteiger partial charge < -0.3 is 5.73 Å². The average Bonchev–Trinajstić information content (AvgIpc) is 2.50. The van der Waals surface area contributed by atoms with Crippen LogP contribution in [0.1, 0.15) is 6.42 Å². The first-order chi connectivity index (χ1) is 7.08. The van der Waals surface area contributed by atoms with Gasteiger partial charge in [0, 0.05) is 25.2 Å². The first-order valence-corrected chi connectivity index (χ1v) is 5.46. The van der Waals surface area contributed by atoms with Gasteiger partial charge in [0.1, 0.15) is 0 Å². The highest BCUT2D eigenvalue weighted by atomic mass is 127. The normalized spacial score (nSPS) is 21.1. The third-order valence-electron chi connectivity index (χ3n) is 2.15. The number of amides is 1. The average molecular weight is 320 g/mol. The van der Waals surface area contributed by atoms with Gasteiger partial charge >= 0.3 is 0 Å². The highest BCUT2D eigenvalue weighted by Gasteiger charge is 2.29. The number of H-pyrrole nitrogens is 1. The number of nitrogens with zero attached hydrogens (tertiary/aromatic N) is 2. The van der Waals surface area contributed by atoms with Crippen LogP contribution in [0.4, 0.5) is 5.95 Å². The zero-order chi connectivity index (χ0) is 11.0. The molecule has 0 bridgehead atoms. The van der Waals surface area contributed by atoms with Gasteiger partial charge in [0.2, 0.25) is 11.9 Å². The minimum atomic E-state index is -0.242. The summed E-state index contributed by atoms with van der Waals surface area (Å²) in [5.74, 6) is 0.172. The molecule has 1 aliphatic heterocycles. The van der Waals surface area contributed by atoms with E-state index in [1.807, 2.05) is 22.6 Å². The minimum Gasteiger partial charge on any atom is -0.326 e. The lowest BCUT2D eigenvalue weighted by atomic mass is 10.3. The molecule has 2 rings (SSSR count). The Morgan fingerprint density at radius 3 is 2.87 bits per heavy atom. The Balaban J connectivity index is 2.34. The Morgan fingerprint density at radius 1 is 1.60 bits per heavy atom. The van der Waals surface area contributed by atoms with Crippen molar-refractivity contribution in [1.82, 2.24) is 9.97 Å². The third kappa shape index (κ3) is 2.02. The molecule has 80 valence electrons. The smallest absolute Gasteiger partial charge is 0.265 e. The standard InChI is InChI=1S/C8H9IN4O2/c9-5-2-11-8(12-7(5)15)13-3-4(10)1-6(13)14/h2,4H,1,3,10H2,(H,11,12,15). The second kappa shape index (κ2) is 3.89. The molecule has 1 fully saturated rings. The molecule has 1 aliphatic rings. The van der Waals surface area contributed by atoms with E-state index in [1.54, 1.807) is 0 Å². The van der Waals surface area contributed by atoms with Gasteiger partial charge in [-0.15, -0.1) is 0 Å². The number of nitrogens with two attached hydrogens (primary N) is 1. The minimum absolute atomic E-state index is 0.105. The zero-order valence-electron chi connectivity index (χ0n) is 7.74. The molecule has 1 atom stereocenters. The van der Waals surface area contributed by atoms with Crippen LogP contribution in [0.2, 0.25) is 0 Å². The van der Waals surface area contributed by atoms with Crippen LogP contribution in [0.3, 0.4) is 0 Å². The predicted molar refractivity (Wildman–Crippen MR) is 62.5 cm³/mol. The summed E-state index contributed by atoms with van der Waals surface area (Å²) >= 11 is 1.88. The van der Waals surface area contributed by atoms with Gasteiger partial charge in [-0.2, -0.15) is 0 Å². The van der Waals surface area contributed by atoms with Crippen molar-refractivity contribution in [2.75, 3.05) is 11.4 Å². The lowest BCUT2D eigenvalue weighted by Gasteiger charge is -2.13. The molecule has 1 aromatic rings. The van der Waals surface area contributed by atoms with E-state index < -0.39 is 0 Å². The molecule has 1 amide bonds. The van der Waals surface area contributed by atoms with E-state index in [0.29, 0.717) is 16.5 Å². The maximum absolute atomic E-state index is 11.5. The van der Waals surface area contributed by atoms with Crippen molar-refractivity contribution in [2.24, 2.45) is 5.73 Å². The van der Waals surface area contributed by atoms with Gasteiger partial charge in [-0.05, 0) is 22.6 Å². The molecule has 0 aromatic carbocycles. The predicted octanol–water partition coefficient (Wildman–Crippen LogP) is -0.562. The Morgan fingerprint density at radius 2 is 2.33 bits per heavy atom. The van der Waals surface area contributed by atoms with Gasteiger partial charge in [0.25, 0.3) is 5.56 Å². The van der Waals surface area contributed by atoms with Crippen molar-refractivity contribution in [2.45, 2.75) is 12.5 Å². The number of hydrogen-bond acceptors (Lipinski definition) is 4. The second-order valence-corrected chi connectivity index (χ2v) is 4.51. The van der Waals surface area contributed by atoms with E-state index in [1.165, 1.54) is 11.1 Å². The van der Waals surface area contributed by atoms with Gasteiger partial charge in [0.15, 0.2) is 0 Å². The van der Waals surface area contributed by atoms with Crippen LogP contribution in [0.5, 0.6) is 0 Å². The van der Waals surface area contributed by atoms with Crippen molar-refractivity contribution in [3.8, 4) is 0 Å². The van der Waals surface area contributed by atoms with E-state index in [-0.39, 0.29) is 23.5 Å². The van der Waals surface area contributed by atoms with Crippen LogP contribution in [0.25, 0.3) is 0 Å². The molecule has 1 unspecified atom stereocenters. The Bertz CT molecular complexity index is 458. The van der Waals surface area contributed by atoms with Crippen LogP contribution in [-0.2, 0) is 4.79 Å². The largest absolute Gasteiger partial charge is 0.326 e. The molecule has 3 N–H and O–H groups in total. The number of aromatic nitrogens is 2. The number of nitrogens with one attached hydrogen (secondary N) is 1. The van der Waals surface area contributed by atoms with Crippen molar-refractivity contribution in [3.05, 3.63) is 20.1 Å². The molecule has 0 spiro atoms. The first-order valence-electron chi connectivity index (χ1n) is 4.38. The number of aromatic amines is 1. The summed E-state index contributed by atoms with van der Waals surface area (Å²) in [4.78, 5) is 30.7.